The van der Waals surface area contributed by atoms with Gasteiger partial charge in [0.05, 0.1) is 25.0 Å². The van der Waals surface area contributed by atoms with Crippen molar-refractivity contribution in [2.75, 3.05) is 24.7 Å². The molecule has 164 valence electrons. The molecule has 2 aliphatic heterocycles. The molecule has 0 amide bonds. The van der Waals surface area contributed by atoms with Gasteiger partial charge in [-0.3, -0.25) is 0 Å². The fourth-order valence-electron chi connectivity index (χ4n) is 4.78. The molecule has 7 nitrogen and oxygen atoms in total. The van der Waals surface area contributed by atoms with E-state index in [9.17, 15) is 8.78 Å². The van der Waals surface area contributed by atoms with Crippen molar-refractivity contribution in [2.24, 2.45) is 0 Å². The van der Waals surface area contributed by atoms with Gasteiger partial charge in [-0.2, -0.15) is 10.2 Å². The number of ether oxygens (including phenoxy) is 1. The van der Waals surface area contributed by atoms with E-state index in [2.05, 4.69) is 10.2 Å². The van der Waals surface area contributed by atoms with Gasteiger partial charge in [-0.25, -0.2) is 23.0 Å². The Hall–Kier alpha value is -3.33. The number of benzene rings is 1. The summed E-state index contributed by atoms with van der Waals surface area (Å²) < 4.78 is 37.3. The van der Waals surface area contributed by atoms with Gasteiger partial charge in [-0.05, 0) is 49.1 Å². The van der Waals surface area contributed by atoms with Gasteiger partial charge in [0.15, 0.2) is 5.65 Å². The molecule has 2 atom stereocenters. The number of aromatic nitrogens is 5. The molecular formula is C23H22F2N6O. The Morgan fingerprint density at radius 2 is 2.00 bits per heavy atom. The minimum absolute atomic E-state index is 0.259. The minimum atomic E-state index is -0.433. The highest BCUT2D eigenvalue weighted by Gasteiger charge is 2.30. The van der Waals surface area contributed by atoms with Crippen molar-refractivity contribution in [3.8, 4) is 5.69 Å². The maximum Gasteiger partial charge on any atom is 0.183 e. The highest BCUT2D eigenvalue weighted by Crippen LogP contribution is 2.37. The van der Waals surface area contributed by atoms with Crippen molar-refractivity contribution in [2.45, 2.75) is 31.2 Å². The second-order valence-corrected chi connectivity index (χ2v) is 8.38. The first-order valence-electron chi connectivity index (χ1n) is 10.9. The average molecular weight is 436 g/mol. The van der Waals surface area contributed by atoms with Crippen LogP contribution in [0.25, 0.3) is 11.3 Å². The highest BCUT2D eigenvalue weighted by molar-refractivity contribution is 5.61. The van der Waals surface area contributed by atoms with Crippen molar-refractivity contribution in [3.63, 3.8) is 0 Å². The topological polar surface area (TPSA) is 60.5 Å². The van der Waals surface area contributed by atoms with Gasteiger partial charge >= 0.3 is 0 Å². The van der Waals surface area contributed by atoms with E-state index in [-0.39, 0.29) is 6.04 Å². The van der Waals surface area contributed by atoms with E-state index in [1.807, 2.05) is 29.6 Å². The monoisotopic (exact) mass is 436 g/mol. The summed E-state index contributed by atoms with van der Waals surface area (Å²) in [6, 6.07) is 5.24. The molecule has 0 N–H and O–H groups in total. The molecule has 32 heavy (non-hydrogen) atoms. The summed E-state index contributed by atoms with van der Waals surface area (Å²) in [5.74, 6) is 0.244. The molecule has 3 aromatic heterocycles. The largest absolute Gasteiger partial charge is 0.381 e. The first-order valence-corrected chi connectivity index (χ1v) is 10.9. The van der Waals surface area contributed by atoms with Crippen LogP contribution in [-0.4, -0.2) is 44.1 Å². The third-order valence-corrected chi connectivity index (χ3v) is 6.45. The minimum Gasteiger partial charge on any atom is -0.381 e. The van der Waals surface area contributed by atoms with Gasteiger partial charge in [0.25, 0.3) is 0 Å². The van der Waals surface area contributed by atoms with Crippen LogP contribution in [0.5, 0.6) is 0 Å². The standard InChI is InChI=1S/C23H22F2N6O/c24-17-3-4-19(25)18(10-17)20-2-1-7-29(20)22-5-8-30-23(28-22)21(12-27-30)31-13-16(11-26-31)15-6-9-32-14-15/h3-5,8,10-13,15,20H,1-2,6-7,9,14H2. The van der Waals surface area contributed by atoms with Crippen LogP contribution in [0.15, 0.2) is 49.1 Å². The second-order valence-electron chi connectivity index (χ2n) is 8.38. The first-order chi connectivity index (χ1) is 15.7. The summed E-state index contributed by atoms with van der Waals surface area (Å²) in [5, 5.41) is 8.94. The van der Waals surface area contributed by atoms with Gasteiger partial charge in [0.1, 0.15) is 23.1 Å². The maximum atomic E-state index is 14.5. The van der Waals surface area contributed by atoms with Crippen LogP contribution >= 0.6 is 0 Å². The van der Waals surface area contributed by atoms with Crippen LogP contribution in [0, 0.1) is 11.6 Å². The first kappa shape index (κ1) is 19.4. The van der Waals surface area contributed by atoms with Crippen molar-refractivity contribution >= 4 is 11.5 Å². The predicted octanol–water partition coefficient (Wildman–Crippen LogP) is 4.04. The molecule has 9 heteroatoms. The number of hydrogen-bond acceptors (Lipinski definition) is 5. The summed E-state index contributed by atoms with van der Waals surface area (Å²) in [6.45, 7) is 2.22. The Balaban J connectivity index is 1.36. The molecule has 5 heterocycles. The lowest BCUT2D eigenvalue weighted by molar-refractivity contribution is 0.194. The summed E-state index contributed by atoms with van der Waals surface area (Å²) in [6.07, 6.45) is 10.1. The van der Waals surface area contributed by atoms with E-state index >= 15 is 0 Å². The molecule has 0 radical (unpaired) electrons. The van der Waals surface area contributed by atoms with Crippen LogP contribution in [0.4, 0.5) is 14.6 Å². The van der Waals surface area contributed by atoms with Crippen molar-refractivity contribution in [3.05, 3.63) is 71.8 Å². The third kappa shape index (κ3) is 3.24. The zero-order valence-electron chi connectivity index (χ0n) is 17.4. The number of halogens is 2. The predicted molar refractivity (Wildman–Crippen MR) is 114 cm³/mol. The normalized spacial score (nSPS) is 21.1. The molecular weight excluding hydrogens is 414 g/mol. The second kappa shape index (κ2) is 7.67. The van der Waals surface area contributed by atoms with Gasteiger partial charge in [-0.15, -0.1) is 0 Å². The Labute approximate surface area is 183 Å². The smallest absolute Gasteiger partial charge is 0.183 e. The molecule has 2 unspecified atom stereocenters. The third-order valence-electron chi connectivity index (χ3n) is 6.45. The lowest BCUT2D eigenvalue weighted by Crippen LogP contribution is -2.24. The van der Waals surface area contributed by atoms with Crippen LogP contribution in [0.2, 0.25) is 0 Å². The van der Waals surface area contributed by atoms with E-state index < -0.39 is 11.6 Å². The van der Waals surface area contributed by atoms with Gasteiger partial charge in [0, 0.05) is 37.0 Å². The van der Waals surface area contributed by atoms with Gasteiger partial charge in [0.2, 0.25) is 0 Å². The molecule has 2 aliphatic rings. The van der Waals surface area contributed by atoms with Crippen LogP contribution in [0.1, 0.15) is 42.3 Å². The zero-order valence-corrected chi connectivity index (χ0v) is 17.4. The number of anilines is 1. The Kier molecular flexibility index (Phi) is 4.64. The molecule has 2 saturated heterocycles. The van der Waals surface area contributed by atoms with Crippen molar-refractivity contribution < 1.29 is 13.5 Å². The fraction of sp³-hybridized carbons (Fsp3) is 0.348. The molecule has 0 bridgehead atoms. The van der Waals surface area contributed by atoms with Crippen LogP contribution < -0.4 is 4.90 Å². The number of nitrogens with zero attached hydrogens (tertiary/aromatic N) is 6. The quantitative estimate of drug-likeness (QED) is 0.483. The molecule has 2 fully saturated rings. The van der Waals surface area contributed by atoms with E-state index in [0.717, 1.165) is 56.3 Å². The Morgan fingerprint density at radius 3 is 2.88 bits per heavy atom. The fourth-order valence-corrected chi connectivity index (χ4v) is 4.78. The molecule has 1 aromatic carbocycles. The van der Waals surface area contributed by atoms with E-state index in [4.69, 9.17) is 9.72 Å². The highest BCUT2D eigenvalue weighted by atomic mass is 19.1. The summed E-state index contributed by atoms with van der Waals surface area (Å²) >= 11 is 0. The zero-order chi connectivity index (χ0) is 21.7. The van der Waals surface area contributed by atoms with E-state index in [0.29, 0.717) is 22.9 Å². The van der Waals surface area contributed by atoms with E-state index in [1.54, 1.807) is 15.4 Å². The van der Waals surface area contributed by atoms with Crippen molar-refractivity contribution in [1.82, 2.24) is 24.4 Å². The lowest BCUT2D eigenvalue weighted by atomic mass is 10.0. The number of fused-ring (bicyclic) bond motifs is 1. The lowest BCUT2D eigenvalue weighted by Gasteiger charge is -2.26. The number of hydrogen-bond donors (Lipinski definition) is 0. The maximum absolute atomic E-state index is 14.5. The average Bonchev–Trinajstić information content (AvgIpc) is 3.60. The van der Waals surface area contributed by atoms with Gasteiger partial charge in [-0.1, -0.05) is 0 Å². The van der Waals surface area contributed by atoms with Crippen LogP contribution in [0.3, 0.4) is 0 Å². The molecule has 0 spiro atoms. The molecule has 6 rings (SSSR count). The Bertz CT molecular complexity index is 1280. The van der Waals surface area contributed by atoms with Crippen LogP contribution in [-0.2, 0) is 4.74 Å². The Morgan fingerprint density at radius 1 is 1.06 bits per heavy atom. The summed E-state index contributed by atoms with van der Waals surface area (Å²) in [7, 11) is 0. The van der Waals surface area contributed by atoms with Gasteiger partial charge < -0.3 is 9.64 Å². The number of rotatable bonds is 4. The molecule has 0 aliphatic carbocycles. The van der Waals surface area contributed by atoms with Crippen molar-refractivity contribution in [1.29, 1.82) is 0 Å². The summed E-state index contributed by atoms with van der Waals surface area (Å²) in [5.41, 5.74) is 2.93. The molecule has 4 aromatic rings. The molecule has 0 saturated carbocycles. The summed E-state index contributed by atoms with van der Waals surface area (Å²) in [4.78, 5) is 6.89. The van der Waals surface area contributed by atoms with E-state index in [1.165, 1.54) is 12.1 Å². The SMILES string of the molecule is Fc1ccc(F)c(C2CCCN2c2ccn3ncc(-n4cc(C5CCOC5)cn4)c3n2)c1.